The monoisotopic (exact) mass is 513 g/mol. The molecule has 3 aromatic carbocycles. The van der Waals surface area contributed by atoms with E-state index in [-0.39, 0.29) is 11.3 Å². The van der Waals surface area contributed by atoms with Gasteiger partial charge < -0.3 is 19.5 Å². The summed E-state index contributed by atoms with van der Waals surface area (Å²) in [4.78, 5) is 28.2. The minimum absolute atomic E-state index is 0.0742. The number of benzene rings is 3. The third kappa shape index (κ3) is 6.08. The highest BCUT2D eigenvalue weighted by atomic mass is 16.5. The van der Waals surface area contributed by atoms with Crippen molar-refractivity contribution in [1.29, 1.82) is 0 Å². The fourth-order valence-electron chi connectivity index (χ4n) is 4.59. The third-order valence-corrected chi connectivity index (χ3v) is 6.61. The van der Waals surface area contributed by atoms with Crippen LogP contribution in [0.5, 0.6) is 11.5 Å². The first kappa shape index (κ1) is 27.0. The van der Waals surface area contributed by atoms with Crippen molar-refractivity contribution in [3.05, 3.63) is 101 Å². The van der Waals surface area contributed by atoms with Crippen LogP contribution in [0.25, 0.3) is 5.76 Å². The second-order valence-electron chi connectivity index (χ2n) is 9.76. The molecule has 3 aromatic rings. The first-order valence-corrected chi connectivity index (χ1v) is 13.2. The number of aliphatic hydroxyl groups excluding tert-OH is 1. The zero-order valence-electron chi connectivity index (χ0n) is 22.2. The van der Waals surface area contributed by atoms with Crippen molar-refractivity contribution in [2.75, 3.05) is 19.8 Å². The van der Waals surface area contributed by atoms with E-state index in [0.717, 1.165) is 12.0 Å². The van der Waals surface area contributed by atoms with Crippen LogP contribution in [0.15, 0.2) is 84.4 Å². The van der Waals surface area contributed by atoms with E-state index in [1.54, 1.807) is 29.2 Å². The fourth-order valence-corrected chi connectivity index (χ4v) is 4.59. The Morgan fingerprint density at radius 3 is 2.26 bits per heavy atom. The SMILES string of the molecule is CCOc1cc(C2/C(=C(\O)c3ccccc3)C(=O)C(=O)N2CCc2ccccc2)ccc1OCCC(C)C. The number of ketones is 1. The molecule has 0 radical (unpaired) electrons. The Hall–Kier alpha value is -4.06. The number of likely N-dealkylation sites (tertiary alicyclic amines) is 1. The second-order valence-corrected chi connectivity index (χ2v) is 9.76. The van der Waals surface area contributed by atoms with Crippen LogP contribution < -0.4 is 9.47 Å². The number of ether oxygens (including phenoxy) is 2. The van der Waals surface area contributed by atoms with Gasteiger partial charge in [-0.2, -0.15) is 0 Å². The van der Waals surface area contributed by atoms with Gasteiger partial charge in [0.2, 0.25) is 0 Å². The number of hydrogen-bond donors (Lipinski definition) is 1. The molecule has 0 bridgehead atoms. The summed E-state index contributed by atoms with van der Waals surface area (Å²) >= 11 is 0. The Kier molecular flexibility index (Phi) is 8.85. The van der Waals surface area contributed by atoms with E-state index in [1.165, 1.54) is 0 Å². The molecule has 1 fully saturated rings. The quantitative estimate of drug-likeness (QED) is 0.188. The van der Waals surface area contributed by atoms with E-state index < -0.39 is 17.7 Å². The lowest BCUT2D eigenvalue weighted by molar-refractivity contribution is -0.139. The third-order valence-electron chi connectivity index (χ3n) is 6.61. The van der Waals surface area contributed by atoms with Gasteiger partial charge in [0.1, 0.15) is 5.76 Å². The van der Waals surface area contributed by atoms with Gasteiger partial charge in [0.15, 0.2) is 11.5 Å². The Labute approximate surface area is 224 Å². The molecule has 0 aromatic heterocycles. The van der Waals surface area contributed by atoms with Crippen LogP contribution in [0.1, 0.15) is 49.9 Å². The van der Waals surface area contributed by atoms with Crippen molar-refractivity contribution < 1.29 is 24.2 Å². The van der Waals surface area contributed by atoms with E-state index in [1.807, 2.05) is 61.5 Å². The predicted molar refractivity (Wildman–Crippen MR) is 148 cm³/mol. The van der Waals surface area contributed by atoms with Crippen LogP contribution in [-0.2, 0) is 16.0 Å². The second kappa shape index (κ2) is 12.5. The summed E-state index contributed by atoms with van der Waals surface area (Å²) in [6.07, 6.45) is 1.48. The number of amides is 1. The smallest absolute Gasteiger partial charge is 0.295 e. The van der Waals surface area contributed by atoms with Crippen LogP contribution in [-0.4, -0.2) is 41.5 Å². The van der Waals surface area contributed by atoms with Crippen LogP contribution in [0, 0.1) is 5.92 Å². The summed E-state index contributed by atoms with van der Waals surface area (Å²) in [7, 11) is 0. The molecule has 6 heteroatoms. The van der Waals surface area contributed by atoms with E-state index in [0.29, 0.717) is 54.7 Å². The minimum atomic E-state index is -0.761. The lowest BCUT2D eigenvalue weighted by Crippen LogP contribution is -2.31. The predicted octanol–water partition coefficient (Wildman–Crippen LogP) is 6.17. The van der Waals surface area contributed by atoms with Crippen molar-refractivity contribution in [3.8, 4) is 11.5 Å². The topological polar surface area (TPSA) is 76.1 Å². The number of carbonyl (C=O) groups excluding carboxylic acids is 2. The van der Waals surface area contributed by atoms with Gasteiger partial charge in [-0.15, -0.1) is 0 Å². The number of Topliss-reactive ketones (excluding diaryl/α,β-unsaturated/α-hetero) is 1. The van der Waals surface area contributed by atoms with Crippen molar-refractivity contribution in [1.82, 2.24) is 4.90 Å². The van der Waals surface area contributed by atoms with Gasteiger partial charge in [-0.25, -0.2) is 0 Å². The molecular formula is C32H35NO5. The van der Waals surface area contributed by atoms with Crippen LogP contribution in [0.4, 0.5) is 0 Å². The first-order chi connectivity index (χ1) is 18.4. The highest BCUT2D eigenvalue weighted by Crippen LogP contribution is 2.42. The van der Waals surface area contributed by atoms with Gasteiger partial charge in [-0.05, 0) is 48.9 Å². The number of nitrogens with zero attached hydrogens (tertiary/aromatic N) is 1. The maximum Gasteiger partial charge on any atom is 0.295 e. The number of carbonyl (C=O) groups is 2. The average molecular weight is 514 g/mol. The fraction of sp³-hybridized carbons (Fsp3) is 0.312. The summed E-state index contributed by atoms with van der Waals surface area (Å²) in [6, 6.07) is 23.4. The highest BCUT2D eigenvalue weighted by Gasteiger charge is 2.46. The summed E-state index contributed by atoms with van der Waals surface area (Å²) < 4.78 is 11.9. The van der Waals surface area contributed by atoms with Gasteiger partial charge in [0.05, 0.1) is 24.8 Å². The molecule has 1 unspecified atom stereocenters. The molecule has 0 saturated carbocycles. The zero-order chi connectivity index (χ0) is 27.1. The van der Waals surface area contributed by atoms with E-state index in [4.69, 9.17) is 9.47 Å². The molecule has 1 aliphatic heterocycles. The summed E-state index contributed by atoms with van der Waals surface area (Å²) in [6.45, 7) is 7.48. The molecule has 6 nitrogen and oxygen atoms in total. The molecule has 1 amide bonds. The molecule has 1 saturated heterocycles. The van der Waals surface area contributed by atoms with E-state index in [2.05, 4.69) is 13.8 Å². The molecule has 1 atom stereocenters. The standard InChI is InChI=1S/C32H35NO5/c1-4-37-27-21-25(15-16-26(27)38-20-18-22(2)3)29-28(30(34)24-13-9-6-10-14-24)31(35)32(36)33(29)19-17-23-11-7-5-8-12-23/h5-16,21-22,29,34H,4,17-20H2,1-3H3/b30-28+. The van der Waals surface area contributed by atoms with Gasteiger partial charge >= 0.3 is 0 Å². The van der Waals surface area contributed by atoms with Crippen LogP contribution in [0.3, 0.4) is 0 Å². The Bertz CT molecular complexity index is 1280. The zero-order valence-corrected chi connectivity index (χ0v) is 22.2. The first-order valence-electron chi connectivity index (χ1n) is 13.2. The Balaban J connectivity index is 1.76. The highest BCUT2D eigenvalue weighted by molar-refractivity contribution is 6.46. The number of aliphatic hydroxyl groups is 1. The number of hydrogen-bond acceptors (Lipinski definition) is 5. The summed E-state index contributed by atoms with van der Waals surface area (Å²) in [5.41, 5.74) is 2.29. The van der Waals surface area contributed by atoms with Crippen LogP contribution in [0.2, 0.25) is 0 Å². The Morgan fingerprint density at radius 1 is 0.921 bits per heavy atom. The van der Waals surface area contributed by atoms with Gasteiger partial charge in [-0.3, -0.25) is 9.59 Å². The molecule has 1 heterocycles. The molecular weight excluding hydrogens is 478 g/mol. The minimum Gasteiger partial charge on any atom is -0.507 e. The van der Waals surface area contributed by atoms with Crippen molar-refractivity contribution >= 4 is 17.4 Å². The maximum absolute atomic E-state index is 13.3. The molecule has 0 aliphatic carbocycles. The maximum atomic E-state index is 13.3. The van der Waals surface area contributed by atoms with Crippen molar-refractivity contribution in [2.24, 2.45) is 5.92 Å². The molecule has 0 spiro atoms. The lowest BCUT2D eigenvalue weighted by atomic mass is 9.95. The van der Waals surface area contributed by atoms with Gasteiger partial charge in [-0.1, -0.05) is 80.6 Å². The van der Waals surface area contributed by atoms with Crippen molar-refractivity contribution in [3.63, 3.8) is 0 Å². The van der Waals surface area contributed by atoms with Crippen LogP contribution >= 0.6 is 0 Å². The van der Waals surface area contributed by atoms with Gasteiger partial charge in [0.25, 0.3) is 11.7 Å². The average Bonchev–Trinajstić information content (AvgIpc) is 3.18. The molecule has 4 rings (SSSR count). The van der Waals surface area contributed by atoms with Gasteiger partial charge in [0, 0.05) is 12.1 Å². The molecule has 1 aliphatic rings. The van der Waals surface area contributed by atoms with E-state index >= 15 is 0 Å². The molecule has 198 valence electrons. The molecule has 38 heavy (non-hydrogen) atoms. The normalized spacial score (nSPS) is 16.7. The Morgan fingerprint density at radius 2 is 1.61 bits per heavy atom. The summed E-state index contributed by atoms with van der Waals surface area (Å²) in [5.74, 6) is 0.152. The summed E-state index contributed by atoms with van der Waals surface area (Å²) in [5, 5.41) is 11.3. The van der Waals surface area contributed by atoms with Crippen molar-refractivity contribution in [2.45, 2.75) is 39.7 Å². The lowest BCUT2D eigenvalue weighted by Gasteiger charge is -2.26. The molecule has 1 N–H and O–H groups in total. The largest absolute Gasteiger partial charge is 0.507 e. The number of rotatable bonds is 11. The van der Waals surface area contributed by atoms with E-state index in [9.17, 15) is 14.7 Å².